The summed E-state index contributed by atoms with van der Waals surface area (Å²) >= 11 is 0. The molecular weight excluding hydrogens is 474 g/mol. The fourth-order valence-electron chi connectivity index (χ4n) is 3.61. The van der Waals surface area contributed by atoms with Crippen molar-refractivity contribution in [3.05, 3.63) is 59.8 Å². The summed E-state index contributed by atoms with van der Waals surface area (Å²) in [6.45, 7) is 2.62. The highest BCUT2D eigenvalue weighted by molar-refractivity contribution is 14.0. The van der Waals surface area contributed by atoms with Crippen LogP contribution in [0.3, 0.4) is 0 Å². The van der Waals surface area contributed by atoms with Crippen molar-refractivity contribution in [1.29, 1.82) is 0 Å². The van der Waals surface area contributed by atoms with Crippen LogP contribution >= 0.6 is 24.0 Å². The number of halogens is 2. The van der Waals surface area contributed by atoms with Crippen LogP contribution in [0.25, 0.3) is 0 Å². The number of rotatable bonds is 3. The molecule has 2 unspecified atom stereocenters. The van der Waals surface area contributed by atoms with Crippen LogP contribution in [-0.4, -0.2) is 60.9 Å². The molecule has 1 aromatic carbocycles. The number of furan rings is 1. The number of aliphatic imine (C=N–C) groups is 1. The Morgan fingerprint density at radius 1 is 1.14 bits per heavy atom. The number of benzene rings is 1. The highest BCUT2D eigenvalue weighted by Gasteiger charge is 2.41. The van der Waals surface area contributed by atoms with Gasteiger partial charge in [-0.1, -0.05) is 18.2 Å². The first-order chi connectivity index (χ1) is 13.2. The normalized spacial score (nSPS) is 21.9. The van der Waals surface area contributed by atoms with Crippen LogP contribution in [0.2, 0.25) is 0 Å². The van der Waals surface area contributed by atoms with Gasteiger partial charge in [-0.05, 0) is 30.2 Å². The maximum Gasteiger partial charge on any atom is 0.289 e. The van der Waals surface area contributed by atoms with E-state index in [0.29, 0.717) is 31.9 Å². The Morgan fingerprint density at radius 3 is 2.50 bits per heavy atom. The van der Waals surface area contributed by atoms with Crippen LogP contribution in [0, 0.1) is 5.82 Å². The fourth-order valence-corrected chi connectivity index (χ4v) is 3.61. The molecule has 0 radical (unpaired) electrons. The number of piperazine rings is 1. The van der Waals surface area contributed by atoms with E-state index in [9.17, 15) is 9.18 Å². The standard InChI is InChI=1S/C20H23FN4O2.HI/c1-22-20(23-17-13-15(17)14-5-2-3-6-16(14)21)25-10-8-24(9-11-25)19(26)18-7-4-12-27-18;/h2-7,12,15,17H,8-11,13H2,1H3,(H,22,23);1H. The van der Waals surface area contributed by atoms with Crippen LogP contribution in [0.4, 0.5) is 4.39 Å². The lowest BCUT2D eigenvalue weighted by atomic mass is 10.1. The first-order valence-corrected chi connectivity index (χ1v) is 9.23. The average molecular weight is 498 g/mol. The number of guanidine groups is 1. The molecule has 1 aromatic heterocycles. The second-order valence-electron chi connectivity index (χ2n) is 6.92. The van der Waals surface area contributed by atoms with Crippen molar-refractivity contribution in [1.82, 2.24) is 15.1 Å². The summed E-state index contributed by atoms with van der Waals surface area (Å²) in [5.41, 5.74) is 0.763. The molecule has 1 aliphatic carbocycles. The Labute approximate surface area is 180 Å². The van der Waals surface area contributed by atoms with Crippen molar-refractivity contribution in [2.45, 2.75) is 18.4 Å². The minimum atomic E-state index is -0.146. The van der Waals surface area contributed by atoms with Crippen molar-refractivity contribution in [2.24, 2.45) is 4.99 Å². The lowest BCUT2D eigenvalue weighted by Gasteiger charge is -2.36. The van der Waals surface area contributed by atoms with Crippen LogP contribution < -0.4 is 5.32 Å². The number of hydrogen-bond donors (Lipinski definition) is 1. The van der Waals surface area contributed by atoms with Gasteiger partial charge in [0.25, 0.3) is 5.91 Å². The van der Waals surface area contributed by atoms with Gasteiger partial charge in [0, 0.05) is 45.2 Å². The van der Waals surface area contributed by atoms with Crippen LogP contribution in [0.15, 0.2) is 52.1 Å². The van der Waals surface area contributed by atoms with E-state index in [2.05, 4.69) is 15.2 Å². The van der Waals surface area contributed by atoms with Crippen LogP contribution in [0.5, 0.6) is 0 Å². The van der Waals surface area contributed by atoms with Gasteiger partial charge in [0.05, 0.1) is 6.26 Å². The third kappa shape index (κ3) is 4.31. The predicted molar refractivity (Wildman–Crippen MR) is 116 cm³/mol. The van der Waals surface area contributed by atoms with E-state index >= 15 is 0 Å². The number of carbonyl (C=O) groups is 1. The number of nitrogens with one attached hydrogen (secondary N) is 1. The maximum atomic E-state index is 13.9. The molecule has 8 heteroatoms. The molecule has 4 rings (SSSR count). The summed E-state index contributed by atoms with van der Waals surface area (Å²) in [6, 6.07) is 10.5. The molecule has 6 nitrogen and oxygen atoms in total. The van der Waals surface area contributed by atoms with Gasteiger partial charge in [0.2, 0.25) is 0 Å². The molecular formula is C20H24FIN4O2. The van der Waals surface area contributed by atoms with E-state index in [1.54, 1.807) is 30.1 Å². The third-order valence-electron chi connectivity index (χ3n) is 5.22. The Balaban J connectivity index is 0.00000225. The summed E-state index contributed by atoms with van der Waals surface area (Å²) in [7, 11) is 1.75. The van der Waals surface area contributed by atoms with Crippen molar-refractivity contribution in [3.8, 4) is 0 Å². The molecule has 0 spiro atoms. The minimum absolute atomic E-state index is 0. The zero-order chi connectivity index (χ0) is 18.8. The molecule has 1 N–H and O–H groups in total. The maximum absolute atomic E-state index is 13.9. The van der Waals surface area contributed by atoms with Crippen LogP contribution in [0.1, 0.15) is 28.5 Å². The van der Waals surface area contributed by atoms with E-state index in [4.69, 9.17) is 4.42 Å². The minimum Gasteiger partial charge on any atom is -0.459 e. The highest BCUT2D eigenvalue weighted by Crippen LogP contribution is 2.41. The van der Waals surface area contributed by atoms with E-state index in [1.807, 2.05) is 12.1 Å². The third-order valence-corrected chi connectivity index (χ3v) is 5.22. The molecule has 1 aliphatic heterocycles. The molecule has 1 saturated carbocycles. The van der Waals surface area contributed by atoms with Gasteiger partial charge < -0.3 is 19.5 Å². The Kier molecular flexibility index (Phi) is 6.58. The Hall–Kier alpha value is -2.10. The number of carbonyl (C=O) groups excluding carboxylic acids is 1. The molecule has 1 saturated heterocycles. The fraction of sp³-hybridized carbons (Fsp3) is 0.400. The molecule has 0 bridgehead atoms. The van der Waals surface area contributed by atoms with Gasteiger partial charge in [0.1, 0.15) is 5.82 Å². The quantitative estimate of drug-likeness (QED) is 0.402. The molecule has 150 valence electrons. The van der Waals surface area contributed by atoms with Gasteiger partial charge in [-0.25, -0.2) is 4.39 Å². The molecule has 1 amide bonds. The first kappa shape index (κ1) is 20.6. The van der Waals surface area contributed by atoms with E-state index in [1.165, 1.54) is 12.3 Å². The lowest BCUT2D eigenvalue weighted by Crippen LogP contribution is -2.54. The van der Waals surface area contributed by atoms with E-state index < -0.39 is 0 Å². The number of amides is 1. The van der Waals surface area contributed by atoms with Gasteiger partial charge >= 0.3 is 0 Å². The summed E-state index contributed by atoms with van der Waals surface area (Å²) in [5.74, 6) is 1.14. The number of hydrogen-bond acceptors (Lipinski definition) is 3. The van der Waals surface area contributed by atoms with Gasteiger partial charge in [-0.3, -0.25) is 9.79 Å². The van der Waals surface area contributed by atoms with Crippen LogP contribution in [-0.2, 0) is 0 Å². The monoisotopic (exact) mass is 498 g/mol. The molecule has 2 atom stereocenters. The topological polar surface area (TPSA) is 61.1 Å². The zero-order valence-corrected chi connectivity index (χ0v) is 18.0. The second kappa shape index (κ2) is 8.93. The van der Waals surface area contributed by atoms with Crippen molar-refractivity contribution in [3.63, 3.8) is 0 Å². The first-order valence-electron chi connectivity index (χ1n) is 9.23. The summed E-state index contributed by atoms with van der Waals surface area (Å²) < 4.78 is 19.1. The number of nitrogens with zero attached hydrogens (tertiary/aromatic N) is 3. The Bertz CT molecular complexity index is 834. The van der Waals surface area contributed by atoms with Crippen molar-refractivity contribution >= 4 is 35.8 Å². The Morgan fingerprint density at radius 2 is 1.86 bits per heavy atom. The summed E-state index contributed by atoms with van der Waals surface area (Å²) in [4.78, 5) is 20.7. The lowest BCUT2D eigenvalue weighted by molar-refractivity contribution is 0.0657. The predicted octanol–water partition coefficient (Wildman–Crippen LogP) is 2.93. The molecule has 2 fully saturated rings. The van der Waals surface area contributed by atoms with E-state index in [0.717, 1.165) is 17.9 Å². The summed E-state index contributed by atoms with van der Waals surface area (Å²) in [5, 5.41) is 3.45. The molecule has 2 aromatic rings. The second-order valence-corrected chi connectivity index (χ2v) is 6.92. The van der Waals surface area contributed by atoms with Crippen molar-refractivity contribution < 1.29 is 13.6 Å². The van der Waals surface area contributed by atoms with E-state index in [-0.39, 0.29) is 47.7 Å². The molecule has 2 heterocycles. The summed E-state index contributed by atoms with van der Waals surface area (Å²) in [6.07, 6.45) is 2.41. The zero-order valence-electron chi connectivity index (χ0n) is 15.7. The smallest absolute Gasteiger partial charge is 0.289 e. The van der Waals surface area contributed by atoms with Gasteiger partial charge in [0.15, 0.2) is 11.7 Å². The van der Waals surface area contributed by atoms with Crippen molar-refractivity contribution in [2.75, 3.05) is 33.2 Å². The van der Waals surface area contributed by atoms with Gasteiger partial charge in [-0.15, -0.1) is 24.0 Å². The molecule has 2 aliphatic rings. The highest BCUT2D eigenvalue weighted by atomic mass is 127. The largest absolute Gasteiger partial charge is 0.459 e. The SMILES string of the molecule is CN=C(NC1CC1c1ccccc1F)N1CCN(C(=O)c2ccco2)CC1.I. The molecule has 28 heavy (non-hydrogen) atoms. The van der Waals surface area contributed by atoms with Gasteiger partial charge in [-0.2, -0.15) is 0 Å². The average Bonchev–Trinajstić information content (AvgIpc) is 3.23.